The molecule has 0 aliphatic carbocycles. The second-order valence-corrected chi connectivity index (χ2v) is 4.64. The predicted molar refractivity (Wildman–Crippen MR) is 73.9 cm³/mol. The Bertz CT molecular complexity index is 261. The van der Waals surface area contributed by atoms with E-state index in [4.69, 9.17) is 0 Å². The van der Waals surface area contributed by atoms with Gasteiger partial charge < -0.3 is 0 Å². The molecule has 0 N–H and O–H groups in total. The minimum absolute atomic E-state index is 1.02. The molecule has 0 unspecified atom stereocenters. The Labute approximate surface area is 106 Å². The zero-order chi connectivity index (χ0) is 12.9. The van der Waals surface area contributed by atoms with Crippen LogP contribution in [0.3, 0.4) is 0 Å². The standard InChI is InChI=1S/C10H19N3.C4H8/c1-2-3-4-5-6-7-9-13-10-8-11-12-13;1-4(2)3/h8,10H,2-7,9H2,1H3;1H2,2-3H3. The predicted octanol–water partition coefficient (Wildman–Crippen LogP) is 4.22. The molecule has 0 aromatic carbocycles. The van der Waals surface area contributed by atoms with Crippen LogP contribution >= 0.6 is 0 Å². The third-order valence-electron chi connectivity index (χ3n) is 2.21. The summed E-state index contributed by atoms with van der Waals surface area (Å²) in [5, 5.41) is 7.68. The molecule has 17 heavy (non-hydrogen) atoms. The normalized spacial score (nSPS) is 9.59. The summed E-state index contributed by atoms with van der Waals surface area (Å²) in [6.07, 6.45) is 11.7. The summed E-state index contributed by atoms with van der Waals surface area (Å²) in [7, 11) is 0. The summed E-state index contributed by atoms with van der Waals surface area (Å²) in [5.41, 5.74) is 1.17. The Hall–Kier alpha value is -1.12. The molecule has 0 aliphatic heterocycles. The van der Waals surface area contributed by atoms with Crippen LogP contribution in [0, 0.1) is 0 Å². The smallest absolute Gasteiger partial charge is 0.0692 e. The fourth-order valence-corrected chi connectivity index (χ4v) is 1.41. The Balaban J connectivity index is 0.000000557. The average molecular weight is 237 g/mol. The third kappa shape index (κ3) is 12.8. The minimum Gasteiger partial charge on any atom is -0.253 e. The fraction of sp³-hybridized carbons (Fsp3) is 0.714. The van der Waals surface area contributed by atoms with Crippen molar-refractivity contribution in [2.24, 2.45) is 0 Å². The number of rotatable bonds is 7. The van der Waals surface area contributed by atoms with Gasteiger partial charge in [-0.3, -0.25) is 4.68 Å². The molecule has 0 aliphatic rings. The fourth-order valence-electron chi connectivity index (χ4n) is 1.41. The van der Waals surface area contributed by atoms with E-state index in [-0.39, 0.29) is 0 Å². The van der Waals surface area contributed by atoms with Crippen molar-refractivity contribution in [3.63, 3.8) is 0 Å². The van der Waals surface area contributed by atoms with Crippen LogP contribution in [0.4, 0.5) is 0 Å². The lowest BCUT2D eigenvalue weighted by atomic mass is 10.1. The number of aromatic nitrogens is 3. The van der Waals surface area contributed by atoms with Crippen LogP contribution in [0.1, 0.15) is 59.3 Å². The Morgan fingerprint density at radius 3 is 2.24 bits per heavy atom. The lowest BCUT2D eigenvalue weighted by Crippen LogP contribution is -1.98. The maximum atomic E-state index is 3.92. The number of hydrogen-bond acceptors (Lipinski definition) is 2. The molecule has 0 fully saturated rings. The highest BCUT2D eigenvalue weighted by Gasteiger charge is 1.92. The van der Waals surface area contributed by atoms with Crippen LogP contribution in [-0.4, -0.2) is 15.0 Å². The van der Waals surface area contributed by atoms with E-state index in [0.717, 1.165) is 6.54 Å². The Morgan fingerprint density at radius 1 is 1.12 bits per heavy atom. The van der Waals surface area contributed by atoms with Gasteiger partial charge in [0.15, 0.2) is 0 Å². The minimum atomic E-state index is 1.02. The molecule has 3 nitrogen and oxygen atoms in total. The topological polar surface area (TPSA) is 30.7 Å². The van der Waals surface area contributed by atoms with Gasteiger partial charge in [0, 0.05) is 12.7 Å². The molecule has 0 atom stereocenters. The summed E-state index contributed by atoms with van der Waals surface area (Å²) >= 11 is 0. The molecule has 1 rings (SSSR count). The summed E-state index contributed by atoms with van der Waals surface area (Å²) in [4.78, 5) is 0. The second kappa shape index (κ2) is 11.4. The summed E-state index contributed by atoms with van der Waals surface area (Å²) in [5.74, 6) is 0. The average Bonchev–Trinajstić information content (AvgIpc) is 2.75. The summed E-state index contributed by atoms with van der Waals surface area (Å²) in [6.45, 7) is 10.8. The van der Waals surface area contributed by atoms with Gasteiger partial charge in [0.25, 0.3) is 0 Å². The highest BCUT2D eigenvalue weighted by molar-refractivity contribution is 4.78. The van der Waals surface area contributed by atoms with Crippen LogP contribution in [-0.2, 0) is 6.54 Å². The van der Waals surface area contributed by atoms with E-state index in [2.05, 4.69) is 23.8 Å². The van der Waals surface area contributed by atoms with Crippen LogP contribution in [0.5, 0.6) is 0 Å². The molecule has 1 aromatic rings. The van der Waals surface area contributed by atoms with E-state index in [1.165, 1.54) is 44.1 Å². The number of nitrogens with zero attached hydrogens (tertiary/aromatic N) is 3. The van der Waals surface area contributed by atoms with Gasteiger partial charge in [0.1, 0.15) is 0 Å². The maximum Gasteiger partial charge on any atom is 0.0692 e. The Kier molecular flexibility index (Phi) is 10.6. The monoisotopic (exact) mass is 237 g/mol. The van der Waals surface area contributed by atoms with Crippen LogP contribution in [0.2, 0.25) is 0 Å². The molecule has 0 spiro atoms. The number of allylic oxidation sites excluding steroid dienone is 1. The van der Waals surface area contributed by atoms with Gasteiger partial charge in [-0.05, 0) is 20.3 Å². The van der Waals surface area contributed by atoms with E-state index in [1.807, 2.05) is 24.7 Å². The molecular formula is C14H27N3. The van der Waals surface area contributed by atoms with Crippen molar-refractivity contribution in [3.05, 3.63) is 24.5 Å². The first-order valence-corrected chi connectivity index (χ1v) is 6.63. The van der Waals surface area contributed by atoms with Crippen molar-refractivity contribution >= 4 is 0 Å². The van der Waals surface area contributed by atoms with Gasteiger partial charge in [-0.1, -0.05) is 49.8 Å². The molecule has 0 saturated heterocycles. The molecule has 0 radical (unpaired) electrons. The van der Waals surface area contributed by atoms with Crippen LogP contribution in [0.15, 0.2) is 24.5 Å². The summed E-state index contributed by atoms with van der Waals surface area (Å²) in [6, 6.07) is 0. The van der Waals surface area contributed by atoms with Gasteiger partial charge in [-0.15, -0.1) is 11.7 Å². The van der Waals surface area contributed by atoms with Crippen molar-refractivity contribution in [1.29, 1.82) is 0 Å². The zero-order valence-electron chi connectivity index (χ0n) is 11.7. The van der Waals surface area contributed by atoms with Crippen molar-refractivity contribution in [1.82, 2.24) is 15.0 Å². The largest absolute Gasteiger partial charge is 0.253 e. The summed E-state index contributed by atoms with van der Waals surface area (Å²) < 4.78 is 1.90. The van der Waals surface area contributed by atoms with Crippen LogP contribution in [0.25, 0.3) is 0 Å². The SMILES string of the molecule is C=C(C)C.CCCCCCCCn1ccnn1. The molecule has 1 aromatic heterocycles. The first-order chi connectivity index (χ1) is 8.16. The molecule has 0 amide bonds. The number of hydrogen-bond donors (Lipinski definition) is 0. The van der Waals surface area contributed by atoms with Gasteiger partial charge in [0.2, 0.25) is 0 Å². The van der Waals surface area contributed by atoms with Crippen molar-refractivity contribution in [2.45, 2.75) is 65.8 Å². The van der Waals surface area contributed by atoms with Crippen LogP contribution < -0.4 is 0 Å². The van der Waals surface area contributed by atoms with E-state index in [1.54, 1.807) is 6.20 Å². The highest BCUT2D eigenvalue weighted by atomic mass is 15.4. The quantitative estimate of drug-likeness (QED) is 0.525. The zero-order valence-corrected chi connectivity index (χ0v) is 11.7. The maximum absolute atomic E-state index is 3.92. The molecule has 98 valence electrons. The van der Waals surface area contributed by atoms with E-state index < -0.39 is 0 Å². The molecule has 0 bridgehead atoms. The van der Waals surface area contributed by atoms with Gasteiger partial charge in [-0.25, -0.2) is 0 Å². The number of unbranched alkanes of at least 4 members (excludes halogenated alkanes) is 5. The Morgan fingerprint density at radius 2 is 1.71 bits per heavy atom. The van der Waals surface area contributed by atoms with Gasteiger partial charge in [0.05, 0.1) is 6.20 Å². The van der Waals surface area contributed by atoms with Crippen molar-refractivity contribution in [2.75, 3.05) is 0 Å². The molecule has 3 heteroatoms. The van der Waals surface area contributed by atoms with Gasteiger partial charge in [-0.2, -0.15) is 0 Å². The van der Waals surface area contributed by atoms with Crippen molar-refractivity contribution < 1.29 is 0 Å². The van der Waals surface area contributed by atoms with Crippen molar-refractivity contribution in [3.8, 4) is 0 Å². The molecule has 0 saturated carbocycles. The van der Waals surface area contributed by atoms with E-state index in [9.17, 15) is 0 Å². The lowest BCUT2D eigenvalue weighted by Gasteiger charge is -2.00. The van der Waals surface area contributed by atoms with E-state index in [0.29, 0.717) is 0 Å². The molecular weight excluding hydrogens is 210 g/mol. The van der Waals surface area contributed by atoms with E-state index >= 15 is 0 Å². The first-order valence-electron chi connectivity index (χ1n) is 6.63. The third-order valence-corrected chi connectivity index (χ3v) is 2.21. The number of aryl methyl sites for hydroxylation is 1. The second-order valence-electron chi connectivity index (χ2n) is 4.64. The van der Waals surface area contributed by atoms with Gasteiger partial charge >= 0.3 is 0 Å². The highest BCUT2D eigenvalue weighted by Crippen LogP contribution is 2.05. The lowest BCUT2D eigenvalue weighted by molar-refractivity contribution is 0.516. The first kappa shape index (κ1) is 15.9. The molecule has 1 heterocycles.